The second kappa shape index (κ2) is 5.90. The van der Waals surface area contributed by atoms with Crippen molar-refractivity contribution in [1.29, 1.82) is 0 Å². The second-order valence-corrected chi connectivity index (χ2v) is 5.60. The van der Waals surface area contributed by atoms with Gasteiger partial charge in [0.05, 0.1) is 42.9 Å². The Hall–Kier alpha value is -2.18. The molecule has 2 N–H and O–H groups in total. The second-order valence-electron chi connectivity index (χ2n) is 5.60. The van der Waals surface area contributed by atoms with E-state index in [1.54, 1.807) is 6.33 Å². The molecule has 6 nitrogen and oxygen atoms in total. The Labute approximate surface area is 128 Å². The standard InChI is InChI=1S/C16H18N4O2/c1-2-4-11(5-3-1)16(14-6-17-10-19-14)18-7-13-12-8-21-9-15(12)22-20-13/h1-6,10,12,15-16,18H,7-9H2,(H,17,19)/t12-,15-,16?/m1/s1. The van der Waals surface area contributed by atoms with Crippen molar-refractivity contribution in [2.24, 2.45) is 11.1 Å². The lowest BCUT2D eigenvalue weighted by Gasteiger charge is -2.18. The number of aromatic amines is 1. The average molecular weight is 298 g/mol. The third-order valence-electron chi connectivity index (χ3n) is 4.21. The molecule has 3 atom stereocenters. The fourth-order valence-electron chi connectivity index (χ4n) is 3.00. The molecule has 1 aromatic carbocycles. The predicted molar refractivity (Wildman–Crippen MR) is 81.5 cm³/mol. The number of benzene rings is 1. The summed E-state index contributed by atoms with van der Waals surface area (Å²) in [6, 6.07) is 10.4. The molecule has 3 heterocycles. The third-order valence-corrected chi connectivity index (χ3v) is 4.21. The van der Waals surface area contributed by atoms with Crippen molar-refractivity contribution in [1.82, 2.24) is 15.3 Å². The van der Waals surface area contributed by atoms with E-state index >= 15 is 0 Å². The number of nitrogens with zero attached hydrogens (tertiary/aromatic N) is 2. The van der Waals surface area contributed by atoms with Crippen molar-refractivity contribution in [3.05, 3.63) is 54.1 Å². The first-order chi connectivity index (χ1) is 10.9. The Morgan fingerprint density at radius 2 is 2.18 bits per heavy atom. The van der Waals surface area contributed by atoms with Gasteiger partial charge >= 0.3 is 0 Å². The Bertz CT molecular complexity index is 641. The van der Waals surface area contributed by atoms with Crippen molar-refractivity contribution in [2.45, 2.75) is 12.1 Å². The van der Waals surface area contributed by atoms with Gasteiger partial charge in [-0.2, -0.15) is 0 Å². The number of rotatable bonds is 5. The molecule has 2 aromatic rings. The number of ether oxygens (including phenoxy) is 1. The summed E-state index contributed by atoms with van der Waals surface area (Å²) in [5, 5.41) is 7.77. The predicted octanol–water partition coefficient (Wildman–Crippen LogP) is 1.49. The van der Waals surface area contributed by atoms with Gasteiger partial charge in [-0.1, -0.05) is 35.5 Å². The molecule has 1 unspecified atom stereocenters. The lowest BCUT2D eigenvalue weighted by Crippen LogP contribution is -2.33. The molecule has 6 heteroatoms. The normalized spacial score (nSPS) is 24.6. The minimum atomic E-state index is 0.0489. The molecule has 0 amide bonds. The Balaban J connectivity index is 1.50. The molecule has 1 saturated heterocycles. The number of nitrogens with one attached hydrogen (secondary N) is 2. The molecule has 22 heavy (non-hydrogen) atoms. The van der Waals surface area contributed by atoms with Gasteiger partial charge in [-0.05, 0) is 5.56 Å². The van der Waals surface area contributed by atoms with Gasteiger partial charge < -0.3 is 14.6 Å². The maximum atomic E-state index is 5.46. The Morgan fingerprint density at radius 3 is 3.00 bits per heavy atom. The maximum Gasteiger partial charge on any atom is 0.161 e. The Morgan fingerprint density at radius 1 is 1.27 bits per heavy atom. The van der Waals surface area contributed by atoms with Gasteiger partial charge in [0.1, 0.15) is 0 Å². The van der Waals surface area contributed by atoms with Gasteiger partial charge in [0.25, 0.3) is 0 Å². The van der Waals surface area contributed by atoms with Crippen LogP contribution in [0.1, 0.15) is 17.3 Å². The number of hydrogen-bond donors (Lipinski definition) is 2. The third kappa shape index (κ3) is 2.51. The highest BCUT2D eigenvalue weighted by Crippen LogP contribution is 2.26. The summed E-state index contributed by atoms with van der Waals surface area (Å²) in [4.78, 5) is 12.7. The molecule has 0 spiro atoms. The molecule has 4 rings (SSSR count). The summed E-state index contributed by atoms with van der Waals surface area (Å²) in [5.74, 6) is 0.283. The minimum absolute atomic E-state index is 0.0489. The first kappa shape index (κ1) is 13.5. The minimum Gasteiger partial charge on any atom is -0.389 e. The van der Waals surface area contributed by atoms with E-state index in [0.29, 0.717) is 19.8 Å². The van der Waals surface area contributed by atoms with E-state index in [0.717, 1.165) is 11.4 Å². The van der Waals surface area contributed by atoms with E-state index in [4.69, 9.17) is 9.57 Å². The zero-order valence-electron chi connectivity index (χ0n) is 12.1. The van der Waals surface area contributed by atoms with Crippen molar-refractivity contribution in [2.75, 3.05) is 19.8 Å². The fourth-order valence-corrected chi connectivity index (χ4v) is 3.00. The van der Waals surface area contributed by atoms with Crippen LogP contribution in [0.2, 0.25) is 0 Å². The largest absolute Gasteiger partial charge is 0.389 e. The van der Waals surface area contributed by atoms with Crippen LogP contribution in [0.25, 0.3) is 0 Å². The summed E-state index contributed by atoms with van der Waals surface area (Å²) in [7, 11) is 0. The molecule has 114 valence electrons. The van der Waals surface area contributed by atoms with Crippen molar-refractivity contribution in [3.8, 4) is 0 Å². The zero-order valence-corrected chi connectivity index (χ0v) is 12.1. The molecule has 1 aromatic heterocycles. The van der Waals surface area contributed by atoms with Crippen LogP contribution in [0.15, 0.2) is 48.0 Å². The lowest BCUT2D eigenvalue weighted by atomic mass is 9.99. The number of hydrogen-bond acceptors (Lipinski definition) is 5. The van der Waals surface area contributed by atoms with E-state index in [2.05, 4.69) is 32.6 Å². The van der Waals surface area contributed by atoms with Crippen LogP contribution in [0.4, 0.5) is 0 Å². The van der Waals surface area contributed by atoms with Gasteiger partial charge in [-0.15, -0.1) is 0 Å². The number of aromatic nitrogens is 2. The van der Waals surface area contributed by atoms with Crippen LogP contribution >= 0.6 is 0 Å². The SMILES string of the molecule is c1ccc(C(NCC2=NO[C@@H]3COC[C@H]23)c2cnc[nH]2)cc1. The lowest BCUT2D eigenvalue weighted by molar-refractivity contribution is 0.0558. The van der Waals surface area contributed by atoms with Gasteiger partial charge in [0.15, 0.2) is 6.10 Å². The van der Waals surface area contributed by atoms with Crippen molar-refractivity contribution >= 4 is 5.71 Å². The van der Waals surface area contributed by atoms with Gasteiger partial charge in [-0.3, -0.25) is 5.32 Å². The fraction of sp³-hybridized carbons (Fsp3) is 0.375. The average Bonchev–Trinajstić information content (AvgIpc) is 3.27. The molecule has 1 fully saturated rings. The van der Waals surface area contributed by atoms with Crippen LogP contribution in [0.3, 0.4) is 0 Å². The van der Waals surface area contributed by atoms with E-state index in [-0.39, 0.29) is 18.1 Å². The molecular weight excluding hydrogens is 280 g/mol. The van der Waals surface area contributed by atoms with Crippen LogP contribution in [-0.2, 0) is 9.57 Å². The number of imidazole rings is 1. The highest BCUT2D eigenvalue weighted by molar-refractivity contribution is 5.90. The number of oxime groups is 1. The zero-order chi connectivity index (χ0) is 14.8. The molecule has 2 aliphatic heterocycles. The van der Waals surface area contributed by atoms with Gasteiger partial charge in [0, 0.05) is 12.7 Å². The van der Waals surface area contributed by atoms with Crippen molar-refractivity contribution in [3.63, 3.8) is 0 Å². The topological polar surface area (TPSA) is 71.5 Å². The molecular formula is C16H18N4O2. The smallest absolute Gasteiger partial charge is 0.161 e. The quantitative estimate of drug-likeness (QED) is 0.877. The van der Waals surface area contributed by atoms with E-state index in [1.165, 1.54) is 5.56 Å². The van der Waals surface area contributed by atoms with E-state index < -0.39 is 0 Å². The summed E-state index contributed by atoms with van der Waals surface area (Å²) >= 11 is 0. The number of H-pyrrole nitrogens is 1. The van der Waals surface area contributed by atoms with Gasteiger partial charge in [0.2, 0.25) is 0 Å². The summed E-state index contributed by atoms with van der Waals surface area (Å²) < 4.78 is 5.46. The molecule has 0 saturated carbocycles. The molecule has 0 bridgehead atoms. The van der Waals surface area contributed by atoms with Crippen LogP contribution < -0.4 is 5.32 Å². The van der Waals surface area contributed by atoms with E-state index in [9.17, 15) is 0 Å². The molecule has 0 aliphatic carbocycles. The summed E-state index contributed by atoms with van der Waals surface area (Å²) in [6.45, 7) is 2.01. The number of fused-ring (bicyclic) bond motifs is 1. The molecule has 0 radical (unpaired) electrons. The van der Waals surface area contributed by atoms with Crippen LogP contribution in [0.5, 0.6) is 0 Å². The van der Waals surface area contributed by atoms with Crippen LogP contribution in [0, 0.1) is 5.92 Å². The van der Waals surface area contributed by atoms with E-state index in [1.807, 2.05) is 24.4 Å². The van der Waals surface area contributed by atoms with Crippen molar-refractivity contribution < 1.29 is 9.57 Å². The summed E-state index contributed by atoms with van der Waals surface area (Å²) in [6.07, 6.45) is 3.64. The highest BCUT2D eigenvalue weighted by atomic mass is 16.7. The Kier molecular flexibility index (Phi) is 3.62. The highest BCUT2D eigenvalue weighted by Gasteiger charge is 2.39. The monoisotopic (exact) mass is 298 g/mol. The first-order valence-electron chi connectivity index (χ1n) is 7.49. The van der Waals surface area contributed by atoms with Gasteiger partial charge in [-0.25, -0.2) is 4.98 Å². The first-order valence-corrected chi connectivity index (χ1v) is 7.49. The molecule has 2 aliphatic rings. The summed E-state index contributed by atoms with van der Waals surface area (Å²) in [5.41, 5.74) is 3.25. The van der Waals surface area contributed by atoms with Crippen LogP contribution in [-0.4, -0.2) is 41.5 Å². The maximum absolute atomic E-state index is 5.46.